The number of nitrogens with zero attached hydrogens (tertiary/aromatic N) is 1. The molecule has 0 aliphatic carbocycles. The standard InChI is InChI=1S/C15H24ClN3O3S/c1-6-15(2,3)17-10-14(20)18-13-9-11(7-8-12(13)16)23(21,22)19(4)5/h7-9,17H,6,10H2,1-5H3,(H,18,20)/p+1. The largest absolute Gasteiger partial charge is 0.334 e. The van der Waals surface area contributed by atoms with Gasteiger partial charge >= 0.3 is 0 Å². The third kappa shape index (κ3) is 5.46. The summed E-state index contributed by atoms with van der Waals surface area (Å²) in [7, 11) is -0.679. The molecular formula is C15H25ClN3O3S+. The van der Waals surface area contributed by atoms with E-state index in [-0.39, 0.29) is 22.9 Å². The van der Waals surface area contributed by atoms with Crippen LogP contribution in [0.2, 0.25) is 5.02 Å². The predicted octanol–water partition coefficient (Wildman–Crippen LogP) is 1.28. The number of carbonyl (C=O) groups is 1. The molecule has 1 amide bonds. The number of benzene rings is 1. The lowest BCUT2D eigenvalue weighted by molar-refractivity contribution is -0.711. The van der Waals surface area contributed by atoms with Gasteiger partial charge in [-0.05, 0) is 38.5 Å². The number of nitrogens with one attached hydrogen (secondary N) is 1. The molecule has 0 aliphatic heterocycles. The monoisotopic (exact) mass is 362 g/mol. The number of hydrogen-bond acceptors (Lipinski definition) is 3. The van der Waals surface area contributed by atoms with E-state index < -0.39 is 10.0 Å². The molecule has 0 bridgehead atoms. The summed E-state index contributed by atoms with van der Waals surface area (Å²) in [4.78, 5) is 12.1. The van der Waals surface area contributed by atoms with Gasteiger partial charge in [-0.1, -0.05) is 18.5 Å². The SMILES string of the molecule is CCC(C)(C)[NH2+]CC(=O)Nc1cc(S(=O)(=O)N(C)C)ccc1Cl. The lowest BCUT2D eigenvalue weighted by Crippen LogP contribution is -2.96. The summed E-state index contributed by atoms with van der Waals surface area (Å²) >= 11 is 6.05. The summed E-state index contributed by atoms with van der Waals surface area (Å²) < 4.78 is 25.4. The first kappa shape index (κ1) is 19.9. The minimum absolute atomic E-state index is 0.0305. The van der Waals surface area contributed by atoms with Gasteiger partial charge in [-0.2, -0.15) is 0 Å². The quantitative estimate of drug-likeness (QED) is 0.766. The van der Waals surface area contributed by atoms with Crippen LogP contribution in [0.15, 0.2) is 23.1 Å². The van der Waals surface area contributed by atoms with Crippen molar-refractivity contribution < 1.29 is 18.5 Å². The molecule has 3 N–H and O–H groups in total. The van der Waals surface area contributed by atoms with E-state index in [1.165, 1.54) is 32.3 Å². The molecule has 0 aromatic heterocycles. The molecule has 0 saturated heterocycles. The van der Waals surface area contributed by atoms with Crippen LogP contribution < -0.4 is 10.6 Å². The number of amides is 1. The molecule has 1 aromatic rings. The van der Waals surface area contributed by atoms with Crippen LogP contribution in [0.3, 0.4) is 0 Å². The van der Waals surface area contributed by atoms with Gasteiger partial charge in [0.1, 0.15) is 0 Å². The summed E-state index contributed by atoms with van der Waals surface area (Å²) in [5, 5.41) is 4.91. The zero-order valence-corrected chi connectivity index (χ0v) is 15.8. The Kier molecular flexibility index (Phi) is 6.59. The highest BCUT2D eigenvalue weighted by molar-refractivity contribution is 7.89. The Labute approximate surface area is 143 Å². The second-order valence-electron chi connectivity index (χ2n) is 6.23. The third-order valence-corrected chi connectivity index (χ3v) is 5.88. The molecular weight excluding hydrogens is 338 g/mol. The molecule has 0 saturated carbocycles. The summed E-state index contributed by atoms with van der Waals surface area (Å²) in [6, 6.07) is 4.26. The molecule has 6 nitrogen and oxygen atoms in total. The average Bonchev–Trinajstić information content (AvgIpc) is 2.47. The van der Waals surface area contributed by atoms with Crippen LogP contribution in [-0.2, 0) is 14.8 Å². The first-order valence-corrected chi connectivity index (χ1v) is 9.17. The Morgan fingerprint density at radius 3 is 2.48 bits per heavy atom. The van der Waals surface area contributed by atoms with E-state index in [0.717, 1.165) is 10.7 Å². The van der Waals surface area contributed by atoms with Crippen LogP contribution >= 0.6 is 11.6 Å². The number of halogens is 1. The molecule has 23 heavy (non-hydrogen) atoms. The first-order valence-electron chi connectivity index (χ1n) is 7.36. The summed E-state index contributed by atoms with van der Waals surface area (Å²) in [6.45, 7) is 6.40. The van der Waals surface area contributed by atoms with Crippen molar-refractivity contribution >= 4 is 33.2 Å². The number of carbonyl (C=O) groups excluding carboxylic acids is 1. The van der Waals surface area contributed by atoms with Crippen molar-refractivity contribution in [1.29, 1.82) is 0 Å². The number of hydrogen-bond donors (Lipinski definition) is 2. The van der Waals surface area contributed by atoms with Crippen molar-refractivity contribution in [3.63, 3.8) is 0 Å². The van der Waals surface area contributed by atoms with E-state index >= 15 is 0 Å². The van der Waals surface area contributed by atoms with Crippen molar-refractivity contribution in [2.45, 2.75) is 37.6 Å². The van der Waals surface area contributed by atoms with E-state index in [1.54, 1.807) is 0 Å². The Hall–Kier alpha value is -1.15. The second-order valence-corrected chi connectivity index (χ2v) is 8.79. The number of rotatable bonds is 7. The molecule has 0 spiro atoms. The molecule has 0 unspecified atom stereocenters. The van der Waals surface area contributed by atoms with Crippen molar-refractivity contribution in [2.24, 2.45) is 0 Å². The van der Waals surface area contributed by atoms with E-state index in [4.69, 9.17) is 11.6 Å². The normalized spacial score (nSPS) is 12.5. The molecule has 0 atom stereocenters. The number of anilines is 1. The van der Waals surface area contributed by atoms with Crippen LogP contribution in [0, 0.1) is 0 Å². The Bertz CT molecular complexity index is 673. The zero-order chi connectivity index (χ0) is 17.8. The van der Waals surface area contributed by atoms with E-state index in [2.05, 4.69) is 26.1 Å². The Morgan fingerprint density at radius 2 is 1.96 bits per heavy atom. The third-order valence-electron chi connectivity index (χ3n) is 3.74. The van der Waals surface area contributed by atoms with Gasteiger partial charge in [0.2, 0.25) is 10.0 Å². The first-order chi connectivity index (χ1) is 10.5. The van der Waals surface area contributed by atoms with Crippen LogP contribution in [0.4, 0.5) is 5.69 Å². The maximum atomic E-state index is 12.1. The van der Waals surface area contributed by atoms with Gasteiger partial charge in [0.15, 0.2) is 6.54 Å². The fourth-order valence-corrected chi connectivity index (χ4v) is 2.78. The molecule has 130 valence electrons. The molecule has 0 fully saturated rings. The highest BCUT2D eigenvalue weighted by Gasteiger charge is 2.21. The highest BCUT2D eigenvalue weighted by atomic mass is 35.5. The van der Waals surface area contributed by atoms with Gasteiger partial charge in [-0.15, -0.1) is 0 Å². The zero-order valence-electron chi connectivity index (χ0n) is 14.2. The smallest absolute Gasteiger partial charge is 0.279 e. The van der Waals surface area contributed by atoms with Crippen molar-refractivity contribution in [3.05, 3.63) is 23.2 Å². The van der Waals surface area contributed by atoms with E-state index in [0.29, 0.717) is 10.7 Å². The van der Waals surface area contributed by atoms with Gasteiger partial charge in [0, 0.05) is 14.1 Å². The molecule has 1 rings (SSSR count). The molecule has 1 aromatic carbocycles. The topological polar surface area (TPSA) is 83.1 Å². The molecule has 0 heterocycles. The van der Waals surface area contributed by atoms with E-state index in [9.17, 15) is 13.2 Å². The minimum Gasteiger partial charge on any atom is -0.334 e. The summed E-state index contributed by atoms with van der Waals surface area (Å²) in [5.74, 6) is -0.229. The maximum Gasteiger partial charge on any atom is 0.279 e. The Morgan fingerprint density at radius 1 is 1.35 bits per heavy atom. The summed E-state index contributed by atoms with van der Waals surface area (Å²) in [5.41, 5.74) is 0.263. The predicted molar refractivity (Wildman–Crippen MR) is 92.1 cm³/mol. The summed E-state index contributed by atoms with van der Waals surface area (Å²) in [6.07, 6.45) is 0.928. The van der Waals surface area contributed by atoms with Gasteiger partial charge in [0.25, 0.3) is 5.91 Å². The maximum absolute atomic E-state index is 12.1. The van der Waals surface area contributed by atoms with Crippen LogP contribution in [-0.4, -0.2) is 44.8 Å². The molecule has 8 heteroatoms. The van der Waals surface area contributed by atoms with Crippen molar-refractivity contribution in [1.82, 2.24) is 4.31 Å². The van der Waals surface area contributed by atoms with Crippen LogP contribution in [0.25, 0.3) is 0 Å². The van der Waals surface area contributed by atoms with Gasteiger partial charge in [-0.25, -0.2) is 12.7 Å². The van der Waals surface area contributed by atoms with Crippen molar-refractivity contribution in [2.75, 3.05) is 26.0 Å². The van der Waals surface area contributed by atoms with Crippen LogP contribution in [0.1, 0.15) is 27.2 Å². The fraction of sp³-hybridized carbons (Fsp3) is 0.533. The lowest BCUT2D eigenvalue weighted by Gasteiger charge is -2.20. The molecule has 0 radical (unpaired) electrons. The average molecular weight is 363 g/mol. The second kappa shape index (κ2) is 7.61. The number of sulfonamides is 1. The highest BCUT2D eigenvalue weighted by Crippen LogP contribution is 2.26. The fourth-order valence-electron chi connectivity index (χ4n) is 1.69. The number of quaternary nitrogens is 1. The Balaban J connectivity index is 2.91. The van der Waals surface area contributed by atoms with Gasteiger partial charge < -0.3 is 10.6 Å². The minimum atomic E-state index is -3.58. The lowest BCUT2D eigenvalue weighted by atomic mass is 10.0. The van der Waals surface area contributed by atoms with Crippen LogP contribution in [0.5, 0.6) is 0 Å². The van der Waals surface area contributed by atoms with E-state index in [1.807, 2.05) is 5.32 Å². The number of nitrogens with two attached hydrogens (primary N) is 1. The van der Waals surface area contributed by atoms with Crippen molar-refractivity contribution in [3.8, 4) is 0 Å². The van der Waals surface area contributed by atoms with Gasteiger partial charge in [0.05, 0.1) is 21.1 Å². The van der Waals surface area contributed by atoms with Gasteiger partial charge in [-0.3, -0.25) is 4.79 Å². The molecule has 0 aliphatic rings.